The van der Waals surface area contributed by atoms with Crippen LogP contribution in [0.25, 0.3) is 0 Å². The van der Waals surface area contributed by atoms with Gasteiger partial charge in [-0.2, -0.15) is 0 Å². The second kappa shape index (κ2) is 19.7. The smallest absolute Gasteiger partial charge is 0.227 e. The van der Waals surface area contributed by atoms with Crippen LogP contribution in [0.15, 0.2) is 12.3 Å². The number of amides is 1. The Bertz CT molecular complexity index is 814. The fourth-order valence-electron chi connectivity index (χ4n) is 4.01. The zero-order chi connectivity index (χ0) is 33.3. The van der Waals surface area contributed by atoms with Crippen LogP contribution in [0.4, 0.5) is 0 Å². The van der Waals surface area contributed by atoms with E-state index in [1.165, 1.54) is 0 Å². The maximum absolute atomic E-state index is 13.0. The summed E-state index contributed by atoms with van der Waals surface area (Å²) in [5.74, 6) is 0.110. The average Bonchev–Trinajstić information content (AvgIpc) is 2.94. The van der Waals surface area contributed by atoms with Crippen LogP contribution in [-0.4, -0.2) is 112 Å². The topological polar surface area (TPSA) is 116 Å². The molecule has 10 nitrogen and oxygen atoms in total. The summed E-state index contributed by atoms with van der Waals surface area (Å²) in [6, 6.07) is 0. The molecular formula is C33H64N2O8. The minimum Gasteiger partial charge on any atom is -0.394 e. The van der Waals surface area contributed by atoms with Crippen LogP contribution in [0.3, 0.4) is 0 Å². The molecule has 0 aliphatic carbocycles. The molecule has 43 heavy (non-hydrogen) atoms. The van der Waals surface area contributed by atoms with Crippen LogP contribution in [0.1, 0.15) is 88.5 Å². The van der Waals surface area contributed by atoms with Gasteiger partial charge in [0.15, 0.2) is 5.78 Å². The first-order valence-electron chi connectivity index (χ1n) is 15.7. The van der Waals surface area contributed by atoms with Crippen LogP contribution >= 0.6 is 0 Å². The Morgan fingerprint density at radius 3 is 1.98 bits per heavy atom. The third-order valence-electron chi connectivity index (χ3n) is 7.07. The van der Waals surface area contributed by atoms with E-state index >= 15 is 0 Å². The molecule has 0 saturated carbocycles. The zero-order valence-electron chi connectivity index (χ0n) is 29.2. The fourth-order valence-corrected chi connectivity index (χ4v) is 4.01. The number of hydrogen-bond donors (Lipinski definition) is 2. The highest BCUT2D eigenvalue weighted by Crippen LogP contribution is 2.26. The molecule has 0 spiro atoms. The highest BCUT2D eigenvalue weighted by atomic mass is 16.6. The lowest BCUT2D eigenvalue weighted by molar-refractivity contribution is -0.174. The van der Waals surface area contributed by atoms with Gasteiger partial charge in [0.1, 0.15) is 5.60 Å². The van der Waals surface area contributed by atoms with Crippen molar-refractivity contribution in [3.05, 3.63) is 12.3 Å². The molecule has 0 aliphatic heterocycles. The Kier molecular flexibility index (Phi) is 19.0. The van der Waals surface area contributed by atoms with E-state index in [9.17, 15) is 14.7 Å². The van der Waals surface area contributed by atoms with Crippen LogP contribution in [-0.2, 0) is 33.3 Å². The number of ether oxygens (including phenoxy) is 5. The van der Waals surface area contributed by atoms with Crippen molar-refractivity contribution in [1.29, 1.82) is 0 Å². The van der Waals surface area contributed by atoms with E-state index < -0.39 is 22.0 Å². The molecule has 0 fully saturated rings. The fraction of sp³-hybridized carbons (Fsp3) is 0.879. The molecule has 1 amide bonds. The van der Waals surface area contributed by atoms with Gasteiger partial charge in [-0.15, -0.1) is 0 Å². The first-order valence-corrected chi connectivity index (χ1v) is 15.7. The second-order valence-corrected chi connectivity index (χ2v) is 13.7. The third kappa shape index (κ3) is 17.5. The van der Waals surface area contributed by atoms with Gasteiger partial charge in [-0.1, -0.05) is 27.4 Å². The Morgan fingerprint density at radius 1 is 0.884 bits per heavy atom. The molecule has 0 saturated heterocycles. The van der Waals surface area contributed by atoms with Gasteiger partial charge in [0, 0.05) is 50.9 Å². The second-order valence-electron chi connectivity index (χ2n) is 13.7. The Balaban J connectivity index is 4.87. The SMILES string of the molecule is C=C(CCCC(=O)C(C)(C)OCC(C)(C)OCC(COCC)(COCC)COC(C)CO)NCCN(C)C(=O)C(C)(C)C. The summed E-state index contributed by atoms with van der Waals surface area (Å²) < 4.78 is 29.9. The van der Waals surface area contributed by atoms with Gasteiger partial charge < -0.3 is 39.0 Å². The van der Waals surface area contributed by atoms with Gasteiger partial charge in [0.05, 0.1) is 56.8 Å². The van der Waals surface area contributed by atoms with Crippen LogP contribution < -0.4 is 5.32 Å². The van der Waals surface area contributed by atoms with E-state index in [4.69, 9.17) is 23.7 Å². The lowest BCUT2D eigenvalue weighted by Crippen LogP contribution is -2.47. The predicted octanol–water partition coefficient (Wildman–Crippen LogP) is 4.38. The van der Waals surface area contributed by atoms with E-state index in [1.807, 2.05) is 55.4 Å². The van der Waals surface area contributed by atoms with Gasteiger partial charge in [-0.3, -0.25) is 9.59 Å². The standard InChI is InChI=1S/C33H64N2O8/c1-13-39-22-33(23-40-14-2,24-41-27(4)20-36)25-42-31(8,9)21-43-32(10,11)28(37)17-15-16-26(3)34-18-19-35(12)29(38)30(5,6)7/h27,34,36H,3,13-25H2,1-2,4-12H3. The molecule has 0 aromatic carbocycles. The summed E-state index contributed by atoms with van der Waals surface area (Å²) in [5, 5.41) is 12.7. The maximum Gasteiger partial charge on any atom is 0.227 e. The Morgan fingerprint density at radius 2 is 1.47 bits per heavy atom. The highest BCUT2D eigenvalue weighted by Gasteiger charge is 2.37. The molecule has 0 aliphatic rings. The van der Waals surface area contributed by atoms with E-state index in [-0.39, 0.29) is 31.0 Å². The molecule has 254 valence electrons. The summed E-state index contributed by atoms with van der Waals surface area (Å²) in [5.41, 5.74) is -1.79. The summed E-state index contributed by atoms with van der Waals surface area (Å²) in [4.78, 5) is 27.1. The number of aliphatic hydroxyl groups excluding tert-OH is 1. The number of ketones is 1. The number of nitrogens with one attached hydrogen (secondary N) is 1. The molecule has 0 bridgehead atoms. The van der Waals surface area contributed by atoms with Gasteiger partial charge in [-0.05, 0) is 61.3 Å². The number of likely N-dealkylation sites (N-methyl/N-ethyl adjacent to an activating group) is 1. The summed E-state index contributed by atoms with van der Waals surface area (Å²) >= 11 is 0. The first kappa shape index (κ1) is 41.4. The summed E-state index contributed by atoms with van der Waals surface area (Å²) in [6.07, 6.45) is 1.36. The molecule has 0 rings (SSSR count). The largest absolute Gasteiger partial charge is 0.394 e. The number of aliphatic hydroxyl groups is 1. The highest BCUT2D eigenvalue weighted by molar-refractivity contribution is 5.86. The van der Waals surface area contributed by atoms with Gasteiger partial charge in [0.2, 0.25) is 5.91 Å². The van der Waals surface area contributed by atoms with Crippen molar-refractivity contribution in [3.63, 3.8) is 0 Å². The first-order chi connectivity index (χ1) is 19.8. The number of carbonyl (C=O) groups excluding carboxylic acids is 2. The number of nitrogens with zero attached hydrogens (tertiary/aromatic N) is 1. The summed E-state index contributed by atoms with van der Waals surface area (Å²) in [7, 11) is 1.80. The minimum absolute atomic E-state index is 0.0139. The molecule has 1 unspecified atom stereocenters. The van der Waals surface area contributed by atoms with Crippen molar-refractivity contribution in [1.82, 2.24) is 10.2 Å². The van der Waals surface area contributed by atoms with Crippen LogP contribution in [0.2, 0.25) is 0 Å². The molecule has 0 heterocycles. The lowest BCUT2D eigenvalue weighted by atomic mass is 9.91. The number of allylic oxidation sites excluding steroid dienone is 1. The van der Waals surface area contributed by atoms with Crippen LogP contribution in [0, 0.1) is 10.8 Å². The van der Waals surface area contributed by atoms with E-state index in [1.54, 1.807) is 25.8 Å². The zero-order valence-corrected chi connectivity index (χ0v) is 29.2. The lowest BCUT2D eigenvalue weighted by Gasteiger charge is -2.38. The third-order valence-corrected chi connectivity index (χ3v) is 7.07. The number of hydrogen-bond acceptors (Lipinski definition) is 9. The van der Waals surface area contributed by atoms with Crippen molar-refractivity contribution in [2.24, 2.45) is 10.8 Å². The van der Waals surface area contributed by atoms with E-state index in [0.717, 1.165) is 5.70 Å². The average molecular weight is 617 g/mol. The Hall–Kier alpha value is -1.56. The van der Waals surface area contributed by atoms with Gasteiger partial charge in [0.25, 0.3) is 0 Å². The van der Waals surface area contributed by atoms with Crippen molar-refractivity contribution >= 4 is 11.7 Å². The molecule has 0 aromatic heterocycles. The van der Waals surface area contributed by atoms with Gasteiger partial charge in [-0.25, -0.2) is 0 Å². The minimum atomic E-state index is -0.973. The van der Waals surface area contributed by atoms with E-state index in [2.05, 4.69) is 11.9 Å². The van der Waals surface area contributed by atoms with Crippen LogP contribution in [0.5, 0.6) is 0 Å². The molecule has 1 atom stereocenters. The molecule has 2 N–H and O–H groups in total. The number of rotatable bonds is 25. The predicted molar refractivity (Wildman–Crippen MR) is 171 cm³/mol. The molecule has 10 heteroatoms. The van der Waals surface area contributed by atoms with Crippen molar-refractivity contribution in [2.75, 3.05) is 73.0 Å². The maximum atomic E-state index is 13.0. The molecule has 0 aromatic rings. The quantitative estimate of drug-likeness (QED) is 0.154. The normalized spacial score (nSPS) is 13.6. The number of Topliss-reactive ketones (excluding diaryl/α,β-unsaturated/α-hetero) is 1. The van der Waals surface area contributed by atoms with Gasteiger partial charge >= 0.3 is 0 Å². The number of carbonyl (C=O) groups is 2. The summed E-state index contributed by atoms with van der Waals surface area (Å²) in [6.45, 7) is 26.7. The van der Waals surface area contributed by atoms with Crippen molar-refractivity contribution < 1.29 is 38.4 Å². The van der Waals surface area contributed by atoms with Crippen molar-refractivity contribution in [2.45, 2.75) is 106 Å². The molecular weight excluding hydrogens is 552 g/mol. The molecule has 0 radical (unpaired) electrons. The monoisotopic (exact) mass is 616 g/mol. The Labute approximate surface area is 262 Å². The van der Waals surface area contributed by atoms with E-state index in [0.29, 0.717) is 72.0 Å². The van der Waals surface area contributed by atoms with Crippen molar-refractivity contribution in [3.8, 4) is 0 Å².